The van der Waals surface area contributed by atoms with Crippen LogP contribution in [0.3, 0.4) is 0 Å². The number of sulfonamides is 1. The van der Waals surface area contributed by atoms with E-state index in [2.05, 4.69) is 15.4 Å². The largest absolute Gasteiger partial charge is 0.350 e. The minimum Gasteiger partial charge on any atom is -0.350 e. The fourth-order valence-corrected chi connectivity index (χ4v) is 4.20. The lowest BCUT2D eigenvalue weighted by Gasteiger charge is -2.13. The van der Waals surface area contributed by atoms with Crippen molar-refractivity contribution in [1.29, 1.82) is 0 Å². The second-order valence-corrected chi connectivity index (χ2v) is 9.20. The first kappa shape index (κ1) is 24.2. The second kappa shape index (κ2) is 10.5. The zero-order valence-electron chi connectivity index (χ0n) is 17.6. The number of aryl methyl sites for hydroxylation is 1. The number of nitrogens with one attached hydrogen (secondary N) is 3. The monoisotopic (exact) mass is 489 g/mol. The number of hydrogen-bond donors (Lipinski definition) is 3. The molecule has 0 atom stereocenters. The zero-order valence-corrected chi connectivity index (χ0v) is 19.1. The van der Waals surface area contributed by atoms with Gasteiger partial charge in [-0.1, -0.05) is 23.7 Å². The fourth-order valence-electron chi connectivity index (χ4n) is 2.91. The highest BCUT2D eigenvalue weighted by atomic mass is 35.5. The summed E-state index contributed by atoms with van der Waals surface area (Å²) in [6.45, 7) is 1.74. The van der Waals surface area contributed by atoms with Crippen molar-refractivity contribution in [3.63, 3.8) is 0 Å². The maximum atomic E-state index is 13.5. The number of benzene rings is 3. The van der Waals surface area contributed by atoms with Crippen molar-refractivity contribution in [3.05, 3.63) is 94.3 Å². The van der Waals surface area contributed by atoms with E-state index in [9.17, 15) is 22.4 Å². The Morgan fingerprint density at radius 1 is 0.909 bits per heavy atom. The molecule has 0 saturated heterocycles. The minimum atomic E-state index is -4.04. The Morgan fingerprint density at radius 2 is 1.55 bits per heavy atom. The molecule has 7 nitrogen and oxygen atoms in total. The van der Waals surface area contributed by atoms with Gasteiger partial charge in [-0.3, -0.25) is 14.3 Å². The van der Waals surface area contributed by atoms with Crippen molar-refractivity contribution in [2.24, 2.45) is 0 Å². The van der Waals surface area contributed by atoms with Gasteiger partial charge in [-0.25, -0.2) is 12.8 Å². The van der Waals surface area contributed by atoms with Gasteiger partial charge in [0.2, 0.25) is 0 Å². The van der Waals surface area contributed by atoms with Crippen LogP contribution in [-0.4, -0.2) is 33.3 Å². The van der Waals surface area contributed by atoms with Crippen LogP contribution in [-0.2, 0) is 10.0 Å². The summed E-state index contributed by atoms with van der Waals surface area (Å²) in [5, 5.41) is 5.83. The first-order chi connectivity index (χ1) is 15.7. The average molecular weight is 490 g/mol. The first-order valence-corrected chi connectivity index (χ1v) is 11.7. The molecule has 0 saturated carbocycles. The van der Waals surface area contributed by atoms with E-state index in [-0.39, 0.29) is 40.7 Å². The van der Waals surface area contributed by atoms with Gasteiger partial charge in [0.15, 0.2) is 0 Å². The van der Waals surface area contributed by atoms with E-state index in [0.717, 1.165) is 12.1 Å². The lowest BCUT2D eigenvalue weighted by molar-refractivity contribution is 0.0928. The van der Waals surface area contributed by atoms with Crippen LogP contribution in [0.4, 0.5) is 10.1 Å². The second-order valence-electron chi connectivity index (χ2n) is 7.08. The maximum absolute atomic E-state index is 13.5. The summed E-state index contributed by atoms with van der Waals surface area (Å²) in [4.78, 5) is 24.6. The molecule has 0 heterocycles. The maximum Gasteiger partial charge on any atom is 0.261 e. The number of amides is 2. The Kier molecular flexibility index (Phi) is 7.67. The Balaban J connectivity index is 1.62. The molecular weight excluding hydrogens is 469 g/mol. The molecule has 0 aliphatic carbocycles. The summed E-state index contributed by atoms with van der Waals surface area (Å²) in [7, 11) is -4.04. The molecule has 0 bridgehead atoms. The zero-order chi connectivity index (χ0) is 24.0. The number of para-hydroxylation sites is 1. The third-order valence-electron chi connectivity index (χ3n) is 4.66. The number of carbonyl (C=O) groups is 2. The highest BCUT2D eigenvalue weighted by Crippen LogP contribution is 2.21. The summed E-state index contributed by atoms with van der Waals surface area (Å²) < 4.78 is 41.3. The van der Waals surface area contributed by atoms with E-state index >= 15 is 0 Å². The van der Waals surface area contributed by atoms with Crippen molar-refractivity contribution in [3.8, 4) is 0 Å². The van der Waals surface area contributed by atoms with E-state index < -0.39 is 21.7 Å². The Bertz CT molecular complexity index is 1280. The van der Waals surface area contributed by atoms with Crippen molar-refractivity contribution in [2.45, 2.75) is 11.8 Å². The number of halogens is 2. The fraction of sp³-hybridized carbons (Fsp3) is 0.130. The van der Waals surface area contributed by atoms with Crippen LogP contribution < -0.4 is 15.4 Å². The normalized spacial score (nSPS) is 11.0. The molecule has 3 N–H and O–H groups in total. The minimum absolute atomic E-state index is 0.0715. The van der Waals surface area contributed by atoms with Crippen LogP contribution in [0, 0.1) is 12.7 Å². The van der Waals surface area contributed by atoms with Crippen LogP contribution in [0.25, 0.3) is 0 Å². The Labute approximate surface area is 196 Å². The molecule has 172 valence electrons. The first-order valence-electron chi connectivity index (χ1n) is 9.87. The van der Waals surface area contributed by atoms with Gasteiger partial charge in [0.1, 0.15) is 5.82 Å². The van der Waals surface area contributed by atoms with Crippen LogP contribution in [0.15, 0.2) is 71.6 Å². The number of anilines is 1. The van der Waals surface area contributed by atoms with E-state index in [1.165, 1.54) is 25.1 Å². The van der Waals surface area contributed by atoms with Gasteiger partial charge < -0.3 is 10.6 Å². The predicted octanol–water partition coefficient (Wildman–Crippen LogP) is 3.75. The lowest BCUT2D eigenvalue weighted by atomic mass is 10.1. The quantitative estimate of drug-likeness (QED) is 0.419. The molecule has 0 aromatic heterocycles. The molecule has 0 spiro atoms. The van der Waals surface area contributed by atoms with Gasteiger partial charge in [0, 0.05) is 23.7 Å². The van der Waals surface area contributed by atoms with Crippen LogP contribution in [0.1, 0.15) is 26.3 Å². The van der Waals surface area contributed by atoms with Crippen LogP contribution in [0.5, 0.6) is 0 Å². The van der Waals surface area contributed by atoms with Crippen molar-refractivity contribution >= 4 is 39.1 Å². The summed E-state index contributed by atoms with van der Waals surface area (Å²) in [5.74, 6) is -1.36. The molecule has 0 fully saturated rings. The van der Waals surface area contributed by atoms with Gasteiger partial charge >= 0.3 is 0 Å². The SMILES string of the molecule is Cc1cc(S(=O)(=O)Nc2ccccc2C(=O)NCCNC(=O)c2ccc(Cl)cc2)ccc1F. The van der Waals surface area contributed by atoms with E-state index in [1.807, 2.05) is 0 Å². The molecule has 3 rings (SSSR count). The van der Waals surface area contributed by atoms with Crippen molar-refractivity contribution in [1.82, 2.24) is 10.6 Å². The number of carbonyl (C=O) groups excluding carboxylic acids is 2. The smallest absolute Gasteiger partial charge is 0.261 e. The van der Waals surface area contributed by atoms with E-state index in [4.69, 9.17) is 11.6 Å². The van der Waals surface area contributed by atoms with Gasteiger partial charge in [-0.05, 0) is 67.1 Å². The summed E-state index contributed by atoms with van der Waals surface area (Å²) in [5.41, 5.74) is 0.789. The predicted molar refractivity (Wildman–Crippen MR) is 125 cm³/mol. The van der Waals surface area contributed by atoms with Crippen LogP contribution in [0.2, 0.25) is 5.02 Å². The Morgan fingerprint density at radius 3 is 2.21 bits per heavy atom. The molecule has 0 aliphatic rings. The van der Waals surface area contributed by atoms with E-state index in [0.29, 0.717) is 10.6 Å². The molecule has 3 aromatic carbocycles. The standard InChI is InChI=1S/C23H21ClFN3O4S/c1-15-14-18(10-11-20(15)25)33(31,32)28-21-5-3-2-4-19(21)23(30)27-13-12-26-22(29)16-6-8-17(24)9-7-16/h2-11,14,28H,12-13H2,1H3,(H,26,29)(H,27,30). The van der Waals surface area contributed by atoms with Gasteiger partial charge in [0.25, 0.3) is 21.8 Å². The van der Waals surface area contributed by atoms with Gasteiger partial charge in [-0.15, -0.1) is 0 Å². The number of rotatable bonds is 8. The molecule has 3 aromatic rings. The highest BCUT2D eigenvalue weighted by molar-refractivity contribution is 7.92. The highest BCUT2D eigenvalue weighted by Gasteiger charge is 2.19. The number of hydrogen-bond acceptors (Lipinski definition) is 4. The molecule has 2 amide bonds. The van der Waals surface area contributed by atoms with Crippen molar-refractivity contribution < 1.29 is 22.4 Å². The molecule has 0 aliphatic heterocycles. The van der Waals surface area contributed by atoms with E-state index in [1.54, 1.807) is 36.4 Å². The van der Waals surface area contributed by atoms with Crippen LogP contribution >= 0.6 is 11.6 Å². The van der Waals surface area contributed by atoms with Gasteiger partial charge in [0.05, 0.1) is 16.1 Å². The Hall–Kier alpha value is -3.43. The summed E-state index contributed by atoms with van der Waals surface area (Å²) in [6, 6.07) is 15.9. The molecular formula is C23H21ClFN3O4S. The summed E-state index contributed by atoms with van der Waals surface area (Å²) in [6.07, 6.45) is 0. The average Bonchev–Trinajstić information content (AvgIpc) is 2.78. The lowest BCUT2D eigenvalue weighted by Crippen LogP contribution is -2.35. The molecule has 10 heteroatoms. The molecule has 0 unspecified atom stereocenters. The molecule has 33 heavy (non-hydrogen) atoms. The third kappa shape index (κ3) is 6.30. The van der Waals surface area contributed by atoms with Gasteiger partial charge in [-0.2, -0.15) is 0 Å². The van der Waals surface area contributed by atoms with Crippen molar-refractivity contribution in [2.75, 3.05) is 17.8 Å². The summed E-state index contributed by atoms with van der Waals surface area (Å²) >= 11 is 5.80. The molecule has 0 radical (unpaired) electrons. The topological polar surface area (TPSA) is 104 Å². The third-order valence-corrected chi connectivity index (χ3v) is 6.27.